The Morgan fingerprint density at radius 2 is 2.20 bits per heavy atom. The van der Waals surface area contributed by atoms with E-state index in [1.807, 2.05) is 6.92 Å². The summed E-state index contributed by atoms with van der Waals surface area (Å²) in [7, 11) is 0. The number of H-pyrrole nitrogens is 1. The van der Waals surface area contributed by atoms with E-state index in [0.29, 0.717) is 5.56 Å². The highest BCUT2D eigenvalue weighted by Crippen LogP contribution is 2.18. The number of nitrogens with one attached hydrogen (secondary N) is 1. The van der Waals surface area contributed by atoms with E-state index in [1.54, 1.807) is 6.07 Å². The average Bonchev–Trinajstić information content (AvgIpc) is 2.23. The molecule has 0 radical (unpaired) electrons. The molecular weight excluding hydrogens is 195 g/mol. The van der Waals surface area contributed by atoms with Crippen molar-refractivity contribution in [3.8, 4) is 11.3 Å². The smallest absolute Gasteiger partial charge is 0.274 e. The molecule has 2 aromatic rings. The maximum atomic E-state index is 13.0. The Kier molecular flexibility index (Phi) is 2.33. The third-order valence-corrected chi connectivity index (χ3v) is 2.16. The molecule has 1 N–H and O–H groups in total. The average molecular weight is 204 g/mol. The quantitative estimate of drug-likeness (QED) is 0.770. The number of nitrogens with zero attached hydrogens (tertiary/aromatic N) is 1. The molecule has 3 nitrogen and oxygen atoms in total. The summed E-state index contributed by atoms with van der Waals surface area (Å²) >= 11 is 0. The maximum Gasteiger partial charge on any atom is 0.274 e. The first-order valence-electron chi connectivity index (χ1n) is 4.48. The molecule has 4 heteroatoms. The standard InChI is InChI=1S/C11H9FN2O/c1-7-2-3-8(12)6-9(7)10-11(15)14-5-4-13-10/h2-6H,1H3,(H,14,15). The van der Waals surface area contributed by atoms with Crippen molar-refractivity contribution in [1.82, 2.24) is 9.97 Å². The first-order valence-corrected chi connectivity index (χ1v) is 4.48. The summed E-state index contributed by atoms with van der Waals surface area (Å²) in [5, 5.41) is 0. The molecule has 0 atom stereocenters. The minimum atomic E-state index is -0.374. The van der Waals surface area contributed by atoms with Gasteiger partial charge in [-0.2, -0.15) is 0 Å². The van der Waals surface area contributed by atoms with E-state index in [1.165, 1.54) is 24.5 Å². The Morgan fingerprint density at radius 3 is 2.93 bits per heavy atom. The first kappa shape index (κ1) is 9.58. The van der Waals surface area contributed by atoms with E-state index in [-0.39, 0.29) is 17.1 Å². The van der Waals surface area contributed by atoms with E-state index in [9.17, 15) is 9.18 Å². The van der Waals surface area contributed by atoms with Gasteiger partial charge in [0.2, 0.25) is 0 Å². The lowest BCUT2D eigenvalue weighted by Crippen LogP contribution is -2.10. The Hall–Kier alpha value is -1.97. The van der Waals surface area contributed by atoms with Crippen molar-refractivity contribution in [2.24, 2.45) is 0 Å². The minimum absolute atomic E-state index is 0.245. The fourth-order valence-electron chi connectivity index (χ4n) is 1.39. The number of hydrogen-bond donors (Lipinski definition) is 1. The van der Waals surface area contributed by atoms with Crippen molar-refractivity contribution < 1.29 is 4.39 Å². The third kappa shape index (κ3) is 1.79. The van der Waals surface area contributed by atoms with E-state index >= 15 is 0 Å². The molecule has 0 amide bonds. The largest absolute Gasteiger partial charge is 0.326 e. The predicted octanol–water partition coefficient (Wildman–Crippen LogP) is 1.88. The molecule has 0 bridgehead atoms. The van der Waals surface area contributed by atoms with Crippen LogP contribution in [-0.4, -0.2) is 9.97 Å². The molecule has 0 spiro atoms. The molecule has 15 heavy (non-hydrogen) atoms. The number of aromatic amines is 1. The molecular formula is C11H9FN2O. The molecule has 0 aliphatic heterocycles. The molecule has 0 aliphatic rings. The van der Waals surface area contributed by atoms with Gasteiger partial charge in [0.05, 0.1) is 0 Å². The molecule has 0 unspecified atom stereocenters. The number of rotatable bonds is 1. The number of hydrogen-bond acceptors (Lipinski definition) is 2. The number of aryl methyl sites for hydroxylation is 1. The summed E-state index contributed by atoms with van der Waals surface area (Å²) < 4.78 is 13.0. The first-order chi connectivity index (χ1) is 7.18. The van der Waals surface area contributed by atoms with Crippen molar-refractivity contribution in [3.63, 3.8) is 0 Å². The topological polar surface area (TPSA) is 45.8 Å². The Balaban J connectivity index is 2.69. The van der Waals surface area contributed by atoms with E-state index in [2.05, 4.69) is 9.97 Å². The van der Waals surface area contributed by atoms with Crippen LogP contribution in [0.4, 0.5) is 4.39 Å². The molecule has 1 aromatic carbocycles. The van der Waals surface area contributed by atoms with Crippen LogP contribution >= 0.6 is 0 Å². The highest BCUT2D eigenvalue weighted by molar-refractivity contribution is 5.62. The van der Waals surface area contributed by atoms with Crippen molar-refractivity contribution in [1.29, 1.82) is 0 Å². The molecule has 0 aliphatic carbocycles. The van der Waals surface area contributed by atoms with Gasteiger partial charge >= 0.3 is 0 Å². The Labute approximate surface area is 85.6 Å². The van der Waals surface area contributed by atoms with Crippen LogP contribution in [0.25, 0.3) is 11.3 Å². The van der Waals surface area contributed by atoms with E-state index in [4.69, 9.17) is 0 Å². The van der Waals surface area contributed by atoms with Crippen LogP contribution in [0.5, 0.6) is 0 Å². The lowest BCUT2D eigenvalue weighted by atomic mass is 10.1. The van der Waals surface area contributed by atoms with Gasteiger partial charge in [0.1, 0.15) is 11.5 Å². The second kappa shape index (κ2) is 3.65. The summed E-state index contributed by atoms with van der Waals surface area (Å²) in [4.78, 5) is 17.9. The summed E-state index contributed by atoms with van der Waals surface area (Å²) in [6, 6.07) is 4.29. The zero-order chi connectivity index (χ0) is 10.8. The van der Waals surface area contributed by atoms with Gasteiger partial charge in [0, 0.05) is 18.0 Å². The number of halogens is 1. The van der Waals surface area contributed by atoms with Crippen LogP contribution in [0.3, 0.4) is 0 Å². The lowest BCUT2D eigenvalue weighted by Gasteiger charge is -2.03. The molecule has 1 heterocycles. The number of aromatic nitrogens is 2. The second-order valence-corrected chi connectivity index (χ2v) is 3.23. The molecule has 76 valence electrons. The SMILES string of the molecule is Cc1ccc(F)cc1-c1ncc[nH]c1=O. The monoisotopic (exact) mass is 204 g/mol. The lowest BCUT2D eigenvalue weighted by molar-refractivity contribution is 0.628. The zero-order valence-electron chi connectivity index (χ0n) is 8.12. The van der Waals surface area contributed by atoms with Gasteiger partial charge in [0.25, 0.3) is 5.56 Å². The van der Waals surface area contributed by atoms with Gasteiger partial charge in [-0.25, -0.2) is 9.37 Å². The second-order valence-electron chi connectivity index (χ2n) is 3.23. The zero-order valence-corrected chi connectivity index (χ0v) is 8.12. The Morgan fingerprint density at radius 1 is 1.40 bits per heavy atom. The van der Waals surface area contributed by atoms with Gasteiger partial charge in [-0.3, -0.25) is 4.79 Å². The van der Waals surface area contributed by atoms with Gasteiger partial charge in [0.15, 0.2) is 0 Å². The summed E-state index contributed by atoms with van der Waals surface area (Å²) in [5.74, 6) is -0.374. The summed E-state index contributed by atoms with van der Waals surface area (Å²) in [5.41, 5.74) is 1.28. The van der Waals surface area contributed by atoms with E-state index < -0.39 is 0 Å². The van der Waals surface area contributed by atoms with Crippen LogP contribution in [0.15, 0.2) is 35.4 Å². The fourth-order valence-corrected chi connectivity index (χ4v) is 1.39. The molecule has 1 aromatic heterocycles. The molecule has 0 fully saturated rings. The van der Waals surface area contributed by atoms with Crippen molar-refractivity contribution in [3.05, 3.63) is 52.3 Å². The van der Waals surface area contributed by atoms with Crippen LogP contribution in [0, 0.1) is 12.7 Å². The van der Waals surface area contributed by atoms with Gasteiger partial charge in [-0.1, -0.05) is 6.07 Å². The minimum Gasteiger partial charge on any atom is -0.326 e. The third-order valence-electron chi connectivity index (χ3n) is 2.16. The van der Waals surface area contributed by atoms with Crippen LogP contribution in [0.1, 0.15) is 5.56 Å². The van der Waals surface area contributed by atoms with E-state index in [0.717, 1.165) is 5.56 Å². The van der Waals surface area contributed by atoms with Crippen LogP contribution < -0.4 is 5.56 Å². The summed E-state index contributed by atoms with van der Waals surface area (Å²) in [6.45, 7) is 1.81. The van der Waals surface area contributed by atoms with Gasteiger partial charge in [-0.05, 0) is 24.6 Å². The van der Waals surface area contributed by atoms with Crippen molar-refractivity contribution in [2.75, 3.05) is 0 Å². The van der Waals surface area contributed by atoms with Gasteiger partial charge in [-0.15, -0.1) is 0 Å². The maximum absolute atomic E-state index is 13.0. The molecule has 0 saturated carbocycles. The predicted molar refractivity (Wildman–Crippen MR) is 55.0 cm³/mol. The van der Waals surface area contributed by atoms with Crippen LogP contribution in [0.2, 0.25) is 0 Å². The highest BCUT2D eigenvalue weighted by Gasteiger charge is 2.07. The van der Waals surface area contributed by atoms with Crippen molar-refractivity contribution >= 4 is 0 Å². The van der Waals surface area contributed by atoms with Gasteiger partial charge < -0.3 is 4.98 Å². The van der Waals surface area contributed by atoms with Crippen molar-refractivity contribution in [2.45, 2.75) is 6.92 Å². The van der Waals surface area contributed by atoms with Crippen LogP contribution in [-0.2, 0) is 0 Å². The normalized spacial score (nSPS) is 10.3. The number of benzene rings is 1. The Bertz CT molecular complexity index is 548. The fraction of sp³-hybridized carbons (Fsp3) is 0.0909. The highest BCUT2D eigenvalue weighted by atomic mass is 19.1. The molecule has 2 rings (SSSR count). The summed E-state index contributed by atoms with van der Waals surface area (Å²) in [6.07, 6.45) is 2.92. The molecule has 0 saturated heterocycles.